The van der Waals surface area contributed by atoms with Gasteiger partial charge in [0.2, 0.25) is 0 Å². The molecule has 4 aromatic rings. The molecule has 0 N–H and O–H groups in total. The van der Waals surface area contributed by atoms with Crippen LogP contribution in [0.2, 0.25) is 0 Å². The van der Waals surface area contributed by atoms with Gasteiger partial charge in [0, 0.05) is 19.0 Å². The predicted octanol–water partition coefficient (Wildman–Crippen LogP) is 4.23. The van der Waals surface area contributed by atoms with Crippen molar-refractivity contribution in [1.82, 2.24) is 14.6 Å². The predicted molar refractivity (Wildman–Crippen MR) is 96.3 cm³/mol. The molecule has 0 aliphatic heterocycles. The van der Waals surface area contributed by atoms with E-state index in [9.17, 15) is 0 Å². The first-order valence-electron chi connectivity index (χ1n) is 8.16. The summed E-state index contributed by atoms with van der Waals surface area (Å²) in [5.74, 6) is 2.27. The molecule has 1 aromatic carbocycles. The van der Waals surface area contributed by atoms with Gasteiger partial charge < -0.3 is 9.32 Å². The van der Waals surface area contributed by atoms with Crippen molar-refractivity contribution in [3.8, 4) is 11.5 Å². The third-order valence-corrected chi connectivity index (χ3v) is 4.06. The number of imidazole rings is 1. The summed E-state index contributed by atoms with van der Waals surface area (Å²) < 4.78 is 7.82. The SMILES string of the molecule is CC(C)CN(C)c1ccc2ncc(-c3cc4ccccc4o3)n2n1. The van der Waals surface area contributed by atoms with E-state index in [1.54, 1.807) is 0 Å². The van der Waals surface area contributed by atoms with Crippen LogP contribution >= 0.6 is 0 Å². The van der Waals surface area contributed by atoms with Crippen molar-refractivity contribution < 1.29 is 4.42 Å². The normalized spacial score (nSPS) is 11.7. The molecule has 0 aliphatic rings. The van der Waals surface area contributed by atoms with E-state index in [4.69, 9.17) is 9.52 Å². The van der Waals surface area contributed by atoms with Gasteiger partial charge in [0.1, 0.15) is 17.1 Å². The number of nitrogens with zero attached hydrogens (tertiary/aromatic N) is 4. The lowest BCUT2D eigenvalue weighted by Gasteiger charge is -2.20. The van der Waals surface area contributed by atoms with E-state index in [2.05, 4.69) is 30.8 Å². The molecule has 5 heteroatoms. The summed E-state index contributed by atoms with van der Waals surface area (Å²) in [6, 6.07) is 14.0. The zero-order valence-corrected chi connectivity index (χ0v) is 14.1. The van der Waals surface area contributed by atoms with E-state index < -0.39 is 0 Å². The van der Waals surface area contributed by atoms with Crippen LogP contribution in [0.15, 0.2) is 53.1 Å². The Morgan fingerprint density at radius 2 is 2.00 bits per heavy atom. The second-order valence-electron chi connectivity index (χ2n) is 6.53. The molecule has 0 spiro atoms. The first-order valence-corrected chi connectivity index (χ1v) is 8.16. The van der Waals surface area contributed by atoms with Crippen LogP contribution in [-0.4, -0.2) is 28.2 Å². The fourth-order valence-electron chi connectivity index (χ4n) is 2.98. The maximum Gasteiger partial charge on any atom is 0.155 e. The van der Waals surface area contributed by atoms with E-state index in [1.807, 2.05) is 53.2 Å². The average Bonchev–Trinajstić information content (AvgIpc) is 3.16. The average molecular weight is 320 g/mol. The molecule has 0 amide bonds. The molecule has 0 bridgehead atoms. The lowest BCUT2D eigenvalue weighted by molar-refractivity contribution is 0.621. The van der Waals surface area contributed by atoms with E-state index in [0.29, 0.717) is 5.92 Å². The van der Waals surface area contributed by atoms with Crippen LogP contribution in [0.3, 0.4) is 0 Å². The van der Waals surface area contributed by atoms with Crippen molar-refractivity contribution in [2.24, 2.45) is 5.92 Å². The van der Waals surface area contributed by atoms with E-state index in [0.717, 1.165) is 40.4 Å². The third-order valence-electron chi connectivity index (χ3n) is 4.06. The molecule has 0 saturated carbocycles. The molecule has 5 nitrogen and oxygen atoms in total. The number of hydrogen-bond acceptors (Lipinski definition) is 4. The quantitative estimate of drug-likeness (QED) is 0.564. The van der Waals surface area contributed by atoms with Gasteiger partial charge in [0.15, 0.2) is 11.4 Å². The molecule has 0 unspecified atom stereocenters. The van der Waals surface area contributed by atoms with Crippen molar-refractivity contribution in [2.45, 2.75) is 13.8 Å². The first kappa shape index (κ1) is 14.8. The fraction of sp³-hybridized carbons (Fsp3) is 0.263. The molecule has 0 radical (unpaired) electrons. The van der Waals surface area contributed by atoms with Gasteiger partial charge in [-0.1, -0.05) is 32.0 Å². The number of rotatable bonds is 4. The smallest absolute Gasteiger partial charge is 0.155 e. The highest BCUT2D eigenvalue weighted by molar-refractivity contribution is 5.82. The monoisotopic (exact) mass is 320 g/mol. The Balaban J connectivity index is 1.80. The summed E-state index contributed by atoms with van der Waals surface area (Å²) in [7, 11) is 2.06. The topological polar surface area (TPSA) is 46.6 Å². The zero-order chi connectivity index (χ0) is 16.7. The van der Waals surface area contributed by atoms with E-state index in [-0.39, 0.29) is 0 Å². The number of anilines is 1. The molecule has 3 heterocycles. The number of furan rings is 1. The van der Waals surface area contributed by atoms with Gasteiger partial charge in [-0.15, -0.1) is 5.10 Å². The van der Waals surface area contributed by atoms with Crippen molar-refractivity contribution in [3.05, 3.63) is 48.7 Å². The zero-order valence-electron chi connectivity index (χ0n) is 14.1. The standard InChI is InChI=1S/C19H20N4O/c1-13(2)12-22(3)19-9-8-18-20-11-15(23(18)21-19)17-10-14-6-4-5-7-16(14)24-17/h4-11,13H,12H2,1-3H3. The minimum atomic E-state index is 0.574. The number of hydrogen-bond donors (Lipinski definition) is 0. The highest BCUT2D eigenvalue weighted by atomic mass is 16.3. The molecule has 0 fully saturated rings. The number of benzene rings is 1. The molecule has 0 aliphatic carbocycles. The summed E-state index contributed by atoms with van der Waals surface area (Å²) in [6.07, 6.45) is 1.81. The van der Waals surface area contributed by atoms with Crippen LogP contribution < -0.4 is 4.90 Å². The molecule has 3 aromatic heterocycles. The molecule has 0 saturated heterocycles. The van der Waals surface area contributed by atoms with E-state index in [1.165, 1.54) is 0 Å². The first-order chi connectivity index (χ1) is 11.6. The maximum absolute atomic E-state index is 5.97. The van der Waals surface area contributed by atoms with Gasteiger partial charge >= 0.3 is 0 Å². The fourth-order valence-corrected chi connectivity index (χ4v) is 2.98. The lowest BCUT2D eigenvalue weighted by Crippen LogP contribution is -2.24. The summed E-state index contributed by atoms with van der Waals surface area (Å²) in [6.45, 7) is 5.35. The second-order valence-corrected chi connectivity index (χ2v) is 6.53. The summed E-state index contributed by atoms with van der Waals surface area (Å²) in [5, 5.41) is 5.83. The second kappa shape index (κ2) is 5.67. The number of para-hydroxylation sites is 1. The Morgan fingerprint density at radius 1 is 1.17 bits per heavy atom. The van der Waals surface area contributed by atoms with Gasteiger partial charge in [-0.05, 0) is 30.2 Å². The Hall–Kier alpha value is -2.82. The third kappa shape index (κ3) is 2.52. The van der Waals surface area contributed by atoms with Gasteiger partial charge in [-0.25, -0.2) is 9.50 Å². The Kier molecular flexibility index (Phi) is 3.49. The van der Waals surface area contributed by atoms with Crippen molar-refractivity contribution >= 4 is 22.4 Å². The molecule has 0 atom stereocenters. The summed E-state index contributed by atoms with van der Waals surface area (Å²) in [5.41, 5.74) is 2.55. The maximum atomic E-state index is 5.97. The van der Waals surface area contributed by atoms with Crippen LogP contribution in [0.1, 0.15) is 13.8 Å². The van der Waals surface area contributed by atoms with Crippen molar-refractivity contribution in [2.75, 3.05) is 18.5 Å². The Morgan fingerprint density at radius 3 is 2.79 bits per heavy atom. The highest BCUT2D eigenvalue weighted by Crippen LogP contribution is 2.28. The van der Waals surface area contributed by atoms with Crippen LogP contribution in [0.4, 0.5) is 5.82 Å². The highest BCUT2D eigenvalue weighted by Gasteiger charge is 2.14. The minimum Gasteiger partial charge on any atom is -0.454 e. The minimum absolute atomic E-state index is 0.574. The molecule has 122 valence electrons. The molecule has 24 heavy (non-hydrogen) atoms. The van der Waals surface area contributed by atoms with E-state index >= 15 is 0 Å². The summed E-state index contributed by atoms with van der Waals surface area (Å²) >= 11 is 0. The number of fused-ring (bicyclic) bond motifs is 2. The van der Waals surface area contributed by atoms with Gasteiger partial charge in [-0.2, -0.15) is 0 Å². The molecular weight excluding hydrogens is 300 g/mol. The summed E-state index contributed by atoms with van der Waals surface area (Å²) in [4.78, 5) is 6.61. The number of aromatic nitrogens is 3. The van der Waals surface area contributed by atoms with Gasteiger partial charge in [0.25, 0.3) is 0 Å². The van der Waals surface area contributed by atoms with Crippen LogP contribution in [0, 0.1) is 5.92 Å². The Labute approximate surface area is 140 Å². The molecular formula is C19H20N4O. The van der Waals surface area contributed by atoms with Gasteiger partial charge in [-0.3, -0.25) is 0 Å². The van der Waals surface area contributed by atoms with Crippen LogP contribution in [0.5, 0.6) is 0 Å². The lowest BCUT2D eigenvalue weighted by atomic mass is 10.2. The largest absolute Gasteiger partial charge is 0.454 e. The van der Waals surface area contributed by atoms with Gasteiger partial charge in [0.05, 0.1) is 6.20 Å². The van der Waals surface area contributed by atoms with Crippen LogP contribution in [-0.2, 0) is 0 Å². The molecule has 4 rings (SSSR count). The van der Waals surface area contributed by atoms with Crippen molar-refractivity contribution in [1.29, 1.82) is 0 Å². The van der Waals surface area contributed by atoms with Crippen molar-refractivity contribution in [3.63, 3.8) is 0 Å². The Bertz CT molecular complexity index is 966. The van der Waals surface area contributed by atoms with Crippen LogP contribution in [0.25, 0.3) is 28.1 Å².